The van der Waals surface area contributed by atoms with Gasteiger partial charge < -0.3 is 39.9 Å². The van der Waals surface area contributed by atoms with Gasteiger partial charge in [0.2, 0.25) is 0 Å². The van der Waals surface area contributed by atoms with E-state index in [9.17, 15) is 43.5 Å². The summed E-state index contributed by atoms with van der Waals surface area (Å²) in [4.78, 5) is 61.8. The van der Waals surface area contributed by atoms with E-state index in [-0.39, 0.29) is 18.7 Å². The molecule has 2 heterocycles. The second-order valence-electron chi connectivity index (χ2n) is 17.5. The maximum Gasteiger partial charge on any atom is 0.481 e. The summed E-state index contributed by atoms with van der Waals surface area (Å²) in [6.45, 7) is 4.39. The van der Waals surface area contributed by atoms with E-state index in [4.69, 9.17) is 29.0 Å². The molecule has 380 valence electrons. The molecular formula is C46H81N3O15P2. The van der Waals surface area contributed by atoms with E-state index < -0.39 is 83.7 Å². The quantitative estimate of drug-likeness (QED) is 0.0178. The molecule has 1 aliphatic heterocycles. The Bertz CT molecular complexity index is 1710. The molecule has 1 aromatic heterocycles. The van der Waals surface area contributed by atoms with E-state index in [1.54, 1.807) is 0 Å². The summed E-state index contributed by atoms with van der Waals surface area (Å²) in [6, 6.07) is 1.25. The minimum absolute atomic E-state index is 0.0486. The molecule has 0 bridgehead atoms. The van der Waals surface area contributed by atoms with E-state index >= 15 is 0 Å². The fourth-order valence-electron chi connectivity index (χ4n) is 7.19. The van der Waals surface area contributed by atoms with Crippen molar-refractivity contribution in [2.24, 2.45) is 5.92 Å². The number of ether oxygens (including phenoxy) is 3. The molecule has 0 spiro atoms. The van der Waals surface area contributed by atoms with Crippen LogP contribution in [-0.4, -0.2) is 85.7 Å². The van der Waals surface area contributed by atoms with Crippen LogP contribution in [0, 0.1) is 5.92 Å². The van der Waals surface area contributed by atoms with E-state index in [1.165, 1.54) is 70.3 Å². The Morgan fingerprint density at radius 1 is 0.773 bits per heavy atom. The third-order valence-corrected chi connectivity index (χ3v) is 13.6. The van der Waals surface area contributed by atoms with Crippen LogP contribution in [0.4, 0.5) is 5.82 Å². The van der Waals surface area contributed by atoms with E-state index in [2.05, 4.69) is 54.4 Å². The van der Waals surface area contributed by atoms with Gasteiger partial charge in [0.05, 0.1) is 13.2 Å². The van der Waals surface area contributed by atoms with Gasteiger partial charge in [-0.3, -0.25) is 23.2 Å². The lowest BCUT2D eigenvalue weighted by molar-refractivity contribution is -0.161. The van der Waals surface area contributed by atoms with Gasteiger partial charge in [0.1, 0.15) is 30.7 Å². The SMILES string of the molecule is CCCCCC/C=C\C=C/CCCCCCCC(=O)OC[C@H](COP(=O)(O)OP(=O)(O)OC[C@H]1O[C@@H](n2ccc(N)nc2=O)C(O)[C@H]1O)OC(=O)CCCCCCCCCCCCC(C)C. The van der Waals surface area contributed by atoms with Gasteiger partial charge >= 0.3 is 33.3 Å². The van der Waals surface area contributed by atoms with Crippen molar-refractivity contribution in [3.8, 4) is 0 Å². The summed E-state index contributed by atoms with van der Waals surface area (Å²) in [5.74, 6) is -0.563. The summed E-state index contributed by atoms with van der Waals surface area (Å²) in [6.07, 6.45) is 25.6. The molecule has 0 saturated carbocycles. The van der Waals surface area contributed by atoms with E-state index in [0.29, 0.717) is 12.8 Å². The van der Waals surface area contributed by atoms with Crippen LogP contribution in [0.15, 0.2) is 41.4 Å². The fourth-order valence-corrected chi connectivity index (χ4v) is 9.30. The highest BCUT2D eigenvalue weighted by Gasteiger charge is 2.46. The largest absolute Gasteiger partial charge is 0.481 e. The van der Waals surface area contributed by atoms with Crippen molar-refractivity contribution < 1.29 is 66.3 Å². The number of nitrogens with zero attached hydrogens (tertiary/aromatic N) is 2. The van der Waals surface area contributed by atoms with Crippen molar-refractivity contribution >= 4 is 33.4 Å². The van der Waals surface area contributed by atoms with Crippen LogP contribution >= 0.6 is 15.6 Å². The summed E-state index contributed by atoms with van der Waals surface area (Å²) in [7, 11) is -10.8. The smallest absolute Gasteiger partial charge is 0.462 e. The molecule has 7 atom stereocenters. The van der Waals surface area contributed by atoms with E-state index in [0.717, 1.165) is 80.9 Å². The first-order valence-corrected chi connectivity index (χ1v) is 27.2. The number of aliphatic hydroxyl groups excluding tert-OH is 2. The average Bonchev–Trinajstić information content (AvgIpc) is 3.53. The van der Waals surface area contributed by atoms with Gasteiger partial charge in [-0.05, 0) is 50.5 Å². The Kier molecular flexibility index (Phi) is 31.0. The second kappa shape index (κ2) is 34.5. The highest BCUT2D eigenvalue weighted by atomic mass is 31.3. The van der Waals surface area contributed by atoms with Crippen LogP contribution in [0.2, 0.25) is 0 Å². The molecule has 1 aliphatic rings. The topological polar surface area (TPSA) is 265 Å². The second-order valence-corrected chi connectivity index (χ2v) is 20.5. The van der Waals surface area contributed by atoms with Crippen LogP contribution in [0.5, 0.6) is 0 Å². The number of unbranched alkanes of at least 4 members (excludes halogenated alkanes) is 18. The molecule has 0 amide bonds. The third-order valence-electron chi connectivity index (χ3n) is 11.0. The number of hydrogen-bond donors (Lipinski definition) is 5. The number of nitrogens with two attached hydrogens (primary N) is 1. The van der Waals surface area contributed by atoms with Crippen molar-refractivity contribution in [1.82, 2.24) is 9.55 Å². The number of rotatable bonds is 39. The van der Waals surface area contributed by atoms with Gasteiger partial charge in [0, 0.05) is 19.0 Å². The molecule has 20 heteroatoms. The number of anilines is 1. The summed E-state index contributed by atoms with van der Waals surface area (Å²) in [5.41, 5.74) is 4.58. The van der Waals surface area contributed by atoms with Gasteiger partial charge in [0.15, 0.2) is 12.3 Å². The van der Waals surface area contributed by atoms with Gasteiger partial charge in [-0.2, -0.15) is 9.29 Å². The summed E-state index contributed by atoms with van der Waals surface area (Å²) >= 11 is 0. The predicted octanol–water partition coefficient (Wildman–Crippen LogP) is 9.30. The average molecular weight is 978 g/mol. The van der Waals surface area contributed by atoms with Crippen LogP contribution in [0.1, 0.15) is 181 Å². The molecule has 18 nitrogen and oxygen atoms in total. The number of carbonyl (C=O) groups excluding carboxylic acids is 2. The molecule has 1 fully saturated rings. The van der Waals surface area contributed by atoms with Crippen molar-refractivity contribution in [2.45, 2.75) is 206 Å². The Hall–Kier alpha value is -2.76. The third kappa shape index (κ3) is 27.9. The van der Waals surface area contributed by atoms with Gasteiger partial charge in [0.25, 0.3) is 0 Å². The minimum atomic E-state index is -5.42. The van der Waals surface area contributed by atoms with Crippen molar-refractivity contribution in [3.05, 3.63) is 47.1 Å². The standard InChI is InChI=1S/C46H81N3O15P2/c1-4-5-6-7-8-9-10-11-12-13-14-18-21-24-27-30-41(50)59-34-38(62-42(51)31-28-25-22-19-16-15-17-20-23-26-29-37(2)3)35-60-65(55,56)64-66(57,58)61-36-39-43(52)44(53)45(63-39)49-33-32-40(47)48-46(49)54/h9-12,32-33,37-39,43-45,52-53H,4-8,13-31,34-36H2,1-3H3,(H,55,56)(H,57,58)(H2,47,48,54)/b10-9-,12-11-/t38-,39-,43+,44?,45-/m1/s1. The zero-order valence-electron chi connectivity index (χ0n) is 39.7. The molecule has 1 saturated heterocycles. The molecule has 0 radical (unpaired) electrons. The Labute approximate surface area is 392 Å². The molecule has 6 N–H and O–H groups in total. The number of carbonyl (C=O) groups is 2. The molecule has 0 aromatic carbocycles. The Balaban J connectivity index is 1.82. The van der Waals surface area contributed by atoms with Crippen LogP contribution in [0.3, 0.4) is 0 Å². The zero-order chi connectivity index (χ0) is 48.6. The normalized spacial score (nSPS) is 19.9. The highest BCUT2D eigenvalue weighted by molar-refractivity contribution is 7.61. The lowest BCUT2D eigenvalue weighted by Crippen LogP contribution is -2.36. The van der Waals surface area contributed by atoms with Crippen molar-refractivity contribution in [3.63, 3.8) is 0 Å². The fraction of sp³-hybridized carbons (Fsp3) is 0.783. The number of phosphoric acid groups is 2. The minimum Gasteiger partial charge on any atom is -0.462 e. The number of aliphatic hydroxyl groups is 2. The number of nitrogen functional groups attached to an aromatic ring is 1. The number of allylic oxidation sites excluding steroid dienone is 4. The molecule has 66 heavy (non-hydrogen) atoms. The molecule has 1 aromatic rings. The van der Waals surface area contributed by atoms with Gasteiger partial charge in [-0.25, -0.2) is 13.9 Å². The number of esters is 2. The maximum absolute atomic E-state index is 12.8. The lowest BCUT2D eigenvalue weighted by atomic mass is 10.0. The van der Waals surface area contributed by atoms with Crippen LogP contribution in [-0.2, 0) is 46.3 Å². The Morgan fingerprint density at radius 3 is 1.88 bits per heavy atom. The van der Waals surface area contributed by atoms with Crippen LogP contribution in [0.25, 0.3) is 0 Å². The molecule has 3 unspecified atom stereocenters. The summed E-state index contributed by atoms with van der Waals surface area (Å²) < 4.78 is 56.7. The highest BCUT2D eigenvalue weighted by Crippen LogP contribution is 2.60. The van der Waals surface area contributed by atoms with Crippen LogP contribution < -0.4 is 11.4 Å². The lowest BCUT2D eigenvalue weighted by Gasteiger charge is -2.21. The number of hydrogen-bond acceptors (Lipinski definition) is 15. The first kappa shape index (κ1) is 59.4. The zero-order valence-corrected chi connectivity index (χ0v) is 41.5. The molecular weight excluding hydrogens is 896 g/mol. The van der Waals surface area contributed by atoms with E-state index in [1.807, 2.05) is 0 Å². The summed E-state index contributed by atoms with van der Waals surface area (Å²) in [5, 5.41) is 20.9. The number of aromatic nitrogens is 2. The van der Waals surface area contributed by atoms with Gasteiger partial charge in [-0.1, -0.05) is 148 Å². The Morgan fingerprint density at radius 2 is 1.30 bits per heavy atom. The first-order chi connectivity index (χ1) is 31.5. The molecule has 0 aliphatic carbocycles. The predicted molar refractivity (Wildman–Crippen MR) is 252 cm³/mol. The molecule has 2 rings (SSSR count). The van der Waals surface area contributed by atoms with Gasteiger partial charge in [-0.15, -0.1) is 0 Å². The maximum atomic E-state index is 12.8. The van der Waals surface area contributed by atoms with Crippen molar-refractivity contribution in [2.75, 3.05) is 25.6 Å². The number of phosphoric ester groups is 2. The first-order valence-electron chi connectivity index (χ1n) is 24.2. The van der Waals surface area contributed by atoms with Crippen molar-refractivity contribution in [1.29, 1.82) is 0 Å². The monoisotopic (exact) mass is 978 g/mol.